The Morgan fingerprint density at radius 3 is 2.71 bits per heavy atom. The molecule has 0 fully saturated rings. The molecule has 0 aliphatic heterocycles. The van der Waals surface area contributed by atoms with Gasteiger partial charge in [-0.3, -0.25) is 4.79 Å². The molecule has 0 saturated carbocycles. The van der Waals surface area contributed by atoms with Crippen molar-refractivity contribution < 1.29 is 4.79 Å². The van der Waals surface area contributed by atoms with Gasteiger partial charge in [0.05, 0.1) is 18.1 Å². The van der Waals surface area contributed by atoms with Crippen LogP contribution < -0.4 is 11.1 Å². The van der Waals surface area contributed by atoms with Crippen molar-refractivity contribution >= 4 is 5.91 Å². The number of hydrogen-bond acceptors (Lipinski definition) is 3. The van der Waals surface area contributed by atoms with Gasteiger partial charge in [-0.15, -0.1) is 0 Å². The lowest BCUT2D eigenvalue weighted by atomic mass is 10.0. The van der Waals surface area contributed by atoms with Crippen LogP contribution in [-0.2, 0) is 17.8 Å². The molecule has 5 nitrogen and oxygen atoms in total. The van der Waals surface area contributed by atoms with Crippen LogP contribution in [0.15, 0.2) is 42.9 Å². The van der Waals surface area contributed by atoms with Crippen molar-refractivity contribution in [3.63, 3.8) is 0 Å². The van der Waals surface area contributed by atoms with Gasteiger partial charge in [0.2, 0.25) is 5.91 Å². The van der Waals surface area contributed by atoms with Gasteiger partial charge in [-0.05, 0) is 25.8 Å². The fraction of sp³-hybridized carbons (Fsp3) is 0.375. The average Bonchev–Trinajstić information content (AvgIpc) is 2.87. The predicted molar refractivity (Wildman–Crippen MR) is 82.6 cm³/mol. The molecule has 1 atom stereocenters. The SMILES string of the molecule is CC(C)NC(=O)Cn1cncc1[C@H](N)Cc1ccccc1. The van der Waals surface area contributed by atoms with E-state index in [0.717, 1.165) is 12.1 Å². The van der Waals surface area contributed by atoms with Crippen molar-refractivity contribution in [2.75, 3.05) is 0 Å². The molecule has 0 unspecified atom stereocenters. The maximum absolute atomic E-state index is 11.9. The zero-order chi connectivity index (χ0) is 15.2. The van der Waals surface area contributed by atoms with Gasteiger partial charge < -0.3 is 15.6 Å². The third-order valence-electron chi connectivity index (χ3n) is 3.19. The summed E-state index contributed by atoms with van der Waals surface area (Å²) in [6.45, 7) is 4.12. The maximum atomic E-state index is 11.9. The minimum absolute atomic E-state index is 0.0313. The van der Waals surface area contributed by atoms with Crippen molar-refractivity contribution in [1.29, 1.82) is 0 Å². The number of nitrogens with one attached hydrogen (secondary N) is 1. The number of rotatable bonds is 6. The molecule has 3 N–H and O–H groups in total. The molecule has 1 heterocycles. The number of nitrogens with zero attached hydrogens (tertiary/aromatic N) is 2. The first-order valence-electron chi connectivity index (χ1n) is 7.15. The standard InChI is InChI=1S/C16H22N4O/c1-12(2)19-16(21)10-20-11-18-9-15(20)14(17)8-13-6-4-3-5-7-13/h3-7,9,11-12,14H,8,10,17H2,1-2H3,(H,19,21)/t14-/m1/s1. The lowest BCUT2D eigenvalue weighted by Crippen LogP contribution is -2.33. The summed E-state index contributed by atoms with van der Waals surface area (Å²) >= 11 is 0. The molecular formula is C16H22N4O. The van der Waals surface area contributed by atoms with Crippen LogP contribution in [0.2, 0.25) is 0 Å². The van der Waals surface area contributed by atoms with Crippen LogP contribution in [0, 0.1) is 0 Å². The number of nitrogens with two attached hydrogens (primary N) is 1. The second-order valence-corrected chi connectivity index (χ2v) is 5.46. The lowest BCUT2D eigenvalue weighted by molar-refractivity contribution is -0.122. The van der Waals surface area contributed by atoms with Gasteiger partial charge in [-0.2, -0.15) is 0 Å². The Hall–Kier alpha value is -2.14. The van der Waals surface area contributed by atoms with Crippen LogP contribution in [-0.4, -0.2) is 21.5 Å². The Morgan fingerprint density at radius 2 is 2.05 bits per heavy atom. The first kappa shape index (κ1) is 15.3. The molecule has 1 amide bonds. The third-order valence-corrected chi connectivity index (χ3v) is 3.19. The summed E-state index contributed by atoms with van der Waals surface area (Å²) in [5, 5.41) is 2.87. The van der Waals surface area contributed by atoms with E-state index >= 15 is 0 Å². The van der Waals surface area contributed by atoms with Gasteiger partial charge >= 0.3 is 0 Å². The van der Waals surface area contributed by atoms with E-state index in [1.54, 1.807) is 12.5 Å². The predicted octanol–water partition coefficient (Wildman–Crippen LogP) is 1.65. The molecule has 1 aromatic carbocycles. The summed E-state index contributed by atoms with van der Waals surface area (Å²) in [6, 6.07) is 10.0. The minimum atomic E-state index is -0.179. The molecule has 0 saturated heterocycles. The highest BCUT2D eigenvalue weighted by molar-refractivity contribution is 5.76. The summed E-state index contributed by atoms with van der Waals surface area (Å²) < 4.78 is 1.81. The first-order chi connectivity index (χ1) is 10.1. The number of amides is 1. The molecule has 1 aromatic heterocycles. The highest BCUT2D eigenvalue weighted by Gasteiger charge is 2.14. The summed E-state index contributed by atoms with van der Waals surface area (Å²) in [4.78, 5) is 16.0. The topological polar surface area (TPSA) is 72.9 Å². The van der Waals surface area contributed by atoms with E-state index in [2.05, 4.69) is 10.3 Å². The molecule has 2 aromatic rings. The fourth-order valence-electron chi connectivity index (χ4n) is 2.27. The van der Waals surface area contributed by atoms with E-state index in [-0.39, 0.29) is 24.5 Å². The zero-order valence-electron chi connectivity index (χ0n) is 12.5. The molecule has 0 spiro atoms. The molecule has 0 aliphatic carbocycles. The van der Waals surface area contributed by atoms with Gasteiger partial charge in [0.1, 0.15) is 6.54 Å². The summed E-state index contributed by atoms with van der Waals surface area (Å²) in [7, 11) is 0. The second-order valence-electron chi connectivity index (χ2n) is 5.46. The molecule has 5 heteroatoms. The van der Waals surface area contributed by atoms with E-state index < -0.39 is 0 Å². The van der Waals surface area contributed by atoms with Crippen LogP contribution in [0.4, 0.5) is 0 Å². The number of carbonyl (C=O) groups is 1. The summed E-state index contributed by atoms with van der Waals surface area (Å²) in [6.07, 6.45) is 4.11. The number of carbonyl (C=O) groups excluding carboxylic acids is 1. The van der Waals surface area contributed by atoms with Crippen LogP contribution in [0.5, 0.6) is 0 Å². The van der Waals surface area contributed by atoms with E-state index in [0.29, 0.717) is 0 Å². The van der Waals surface area contributed by atoms with Gasteiger partial charge in [0.25, 0.3) is 0 Å². The number of benzene rings is 1. The van der Waals surface area contributed by atoms with Gasteiger partial charge in [-0.25, -0.2) is 4.98 Å². The van der Waals surface area contributed by atoms with Crippen molar-refractivity contribution in [3.05, 3.63) is 54.1 Å². The quantitative estimate of drug-likeness (QED) is 0.848. The Morgan fingerprint density at radius 1 is 1.33 bits per heavy atom. The van der Waals surface area contributed by atoms with Crippen LogP contribution in [0.1, 0.15) is 31.1 Å². The van der Waals surface area contributed by atoms with Crippen molar-refractivity contribution in [3.8, 4) is 0 Å². The average molecular weight is 286 g/mol. The van der Waals surface area contributed by atoms with Gasteiger partial charge in [0.15, 0.2) is 0 Å². The summed E-state index contributed by atoms with van der Waals surface area (Å²) in [5.74, 6) is -0.0313. The Bertz CT molecular complexity index is 577. The number of imidazole rings is 1. The van der Waals surface area contributed by atoms with E-state index in [1.165, 1.54) is 5.56 Å². The third kappa shape index (κ3) is 4.43. The molecule has 0 radical (unpaired) electrons. The number of hydrogen-bond donors (Lipinski definition) is 2. The molecule has 21 heavy (non-hydrogen) atoms. The normalized spacial score (nSPS) is 12.4. The lowest BCUT2D eigenvalue weighted by Gasteiger charge is -2.15. The highest BCUT2D eigenvalue weighted by Crippen LogP contribution is 2.15. The molecule has 2 rings (SSSR count). The van der Waals surface area contributed by atoms with Crippen LogP contribution in [0.3, 0.4) is 0 Å². The van der Waals surface area contributed by atoms with Crippen LogP contribution >= 0.6 is 0 Å². The van der Waals surface area contributed by atoms with Crippen molar-refractivity contribution in [1.82, 2.24) is 14.9 Å². The Labute approximate surface area is 125 Å². The number of aromatic nitrogens is 2. The fourth-order valence-corrected chi connectivity index (χ4v) is 2.27. The molecule has 112 valence electrons. The highest BCUT2D eigenvalue weighted by atomic mass is 16.2. The minimum Gasteiger partial charge on any atom is -0.352 e. The van der Waals surface area contributed by atoms with E-state index in [9.17, 15) is 4.79 Å². The maximum Gasteiger partial charge on any atom is 0.240 e. The van der Waals surface area contributed by atoms with Gasteiger partial charge in [-0.1, -0.05) is 30.3 Å². The first-order valence-corrected chi connectivity index (χ1v) is 7.15. The van der Waals surface area contributed by atoms with Crippen LogP contribution in [0.25, 0.3) is 0 Å². The molecule has 0 bridgehead atoms. The smallest absolute Gasteiger partial charge is 0.240 e. The van der Waals surface area contributed by atoms with Crippen molar-refractivity contribution in [2.45, 2.75) is 38.9 Å². The Kier molecular flexibility index (Phi) is 5.11. The van der Waals surface area contributed by atoms with Crippen molar-refractivity contribution in [2.24, 2.45) is 5.73 Å². The van der Waals surface area contributed by atoms with Gasteiger partial charge in [0, 0.05) is 12.2 Å². The van der Waals surface area contributed by atoms with E-state index in [4.69, 9.17) is 5.73 Å². The van der Waals surface area contributed by atoms with E-state index in [1.807, 2.05) is 48.7 Å². The largest absolute Gasteiger partial charge is 0.352 e. The molecule has 0 aliphatic rings. The monoisotopic (exact) mass is 286 g/mol. The molecular weight excluding hydrogens is 264 g/mol. The second kappa shape index (κ2) is 7.04. The summed E-state index contributed by atoms with van der Waals surface area (Å²) in [5.41, 5.74) is 8.30. The zero-order valence-corrected chi connectivity index (χ0v) is 12.5. The Balaban J connectivity index is 2.04.